The molecule has 5 aromatic rings. The average Bonchev–Trinajstić information content (AvgIpc) is 3.64. The van der Waals surface area contributed by atoms with Gasteiger partial charge in [-0.15, -0.1) is 0 Å². The van der Waals surface area contributed by atoms with Gasteiger partial charge in [0.05, 0.1) is 40.7 Å². The van der Waals surface area contributed by atoms with Gasteiger partial charge in [0, 0.05) is 17.2 Å². The lowest BCUT2D eigenvalue weighted by Crippen LogP contribution is -2.13. The minimum atomic E-state index is 0.448. The van der Waals surface area contributed by atoms with E-state index >= 15 is 0 Å². The van der Waals surface area contributed by atoms with Crippen LogP contribution in [-0.2, 0) is 0 Å². The van der Waals surface area contributed by atoms with Crippen molar-refractivity contribution in [3.05, 3.63) is 72.8 Å². The Bertz CT molecular complexity index is 1450. The second kappa shape index (κ2) is 8.10. The summed E-state index contributed by atoms with van der Waals surface area (Å²) < 4.78 is 13.8. The molecule has 3 heterocycles. The van der Waals surface area contributed by atoms with Crippen molar-refractivity contribution in [1.29, 1.82) is 5.26 Å². The van der Waals surface area contributed by atoms with Crippen molar-refractivity contribution in [2.45, 2.75) is 38.1 Å². The Balaban J connectivity index is 1.40. The van der Waals surface area contributed by atoms with Gasteiger partial charge in [-0.25, -0.2) is 9.97 Å². The summed E-state index contributed by atoms with van der Waals surface area (Å²) in [5.41, 5.74) is 5.43. The number of benzene rings is 2. The molecule has 6 nitrogen and oxygen atoms in total. The van der Waals surface area contributed by atoms with Crippen molar-refractivity contribution < 1.29 is 8.83 Å². The van der Waals surface area contributed by atoms with Gasteiger partial charge in [0.15, 0.2) is 5.76 Å². The maximum absolute atomic E-state index is 9.00. The van der Waals surface area contributed by atoms with Crippen LogP contribution in [0.1, 0.15) is 43.7 Å². The molecule has 162 valence electrons. The van der Waals surface area contributed by atoms with Crippen molar-refractivity contribution in [2.24, 2.45) is 0 Å². The van der Waals surface area contributed by atoms with Gasteiger partial charge in [-0.2, -0.15) is 5.26 Å². The molecule has 3 aromatic heterocycles. The highest BCUT2D eigenvalue weighted by atomic mass is 16.4. The second-order valence-electron chi connectivity index (χ2n) is 8.53. The highest BCUT2D eigenvalue weighted by molar-refractivity contribution is 5.84. The van der Waals surface area contributed by atoms with Crippen LogP contribution in [0.4, 0.5) is 0 Å². The molecule has 0 N–H and O–H groups in total. The predicted octanol–water partition coefficient (Wildman–Crippen LogP) is 7.00. The molecule has 33 heavy (non-hydrogen) atoms. The highest BCUT2D eigenvalue weighted by Crippen LogP contribution is 2.37. The Morgan fingerprint density at radius 3 is 2.52 bits per heavy atom. The van der Waals surface area contributed by atoms with E-state index in [0.29, 0.717) is 23.3 Å². The SMILES string of the molecule is N#Cc1ccc(-c2cnc(-c3ccc4c(c3)nc(-c3ccoc3)n4C3CCCCC3)o2)cc1. The van der Waals surface area contributed by atoms with Crippen molar-refractivity contribution in [2.75, 3.05) is 0 Å². The van der Waals surface area contributed by atoms with Gasteiger partial charge in [0.25, 0.3) is 0 Å². The van der Waals surface area contributed by atoms with Crippen molar-refractivity contribution >= 4 is 11.0 Å². The molecule has 1 aliphatic rings. The van der Waals surface area contributed by atoms with Gasteiger partial charge >= 0.3 is 0 Å². The van der Waals surface area contributed by atoms with Crippen LogP contribution < -0.4 is 0 Å². The van der Waals surface area contributed by atoms with Crippen LogP contribution in [0.2, 0.25) is 0 Å². The van der Waals surface area contributed by atoms with Gasteiger partial charge in [-0.05, 0) is 61.4 Å². The number of nitrogens with zero attached hydrogens (tertiary/aromatic N) is 4. The van der Waals surface area contributed by atoms with Crippen LogP contribution >= 0.6 is 0 Å². The van der Waals surface area contributed by atoms with E-state index < -0.39 is 0 Å². The quantitative estimate of drug-likeness (QED) is 0.304. The van der Waals surface area contributed by atoms with Gasteiger partial charge in [0.2, 0.25) is 5.89 Å². The minimum Gasteiger partial charge on any atom is -0.472 e. The molecule has 1 saturated carbocycles. The zero-order chi connectivity index (χ0) is 22.2. The lowest BCUT2D eigenvalue weighted by atomic mass is 9.95. The zero-order valence-electron chi connectivity index (χ0n) is 18.1. The van der Waals surface area contributed by atoms with E-state index in [-0.39, 0.29) is 0 Å². The Labute approximate surface area is 191 Å². The normalized spacial score (nSPS) is 14.5. The Morgan fingerprint density at radius 2 is 1.76 bits per heavy atom. The summed E-state index contributed by atoms with van der Waals surface area (Å²) in [7, 11) is 0. The van der Waals surface area contributed by atoms with E-state index in [1.54, 1.807) is 30.9 Å². The molecule has 0 atom stereocenters. The summed E-state index contributed by atoms with van der Waals surface area (Å²) in [6.45, 7) is 0. The first-order valence-corrected chi connectivity index (χ1v) is 11.3. The summed E-state index contributed by atoms with van der Waals surface area (Å²) in [5, 5.41) is 9.00. The van der Waals surface area contributed by atoms with Crippen LogP contribution in [-0.4, -0.2) is 14.5 Å². The zero-order valence-corrected chi connectivity index (χ0v) is 18.1. The largest absolute Gasteiger partial charge is 0.472 e. The minimum absolute atomic E-state index is 0.448. The Morgan fingerprint density at radius 1 is 0.939 bits per heavy atom. The molecular weight excluding hydrogens is 412 g/mol. The van der Waals surface area contributed by atoms with E-state index in [0.717, 1.165) is 33.5 Å². The van der Waals surface area contributed by atoms with E-state index in [2.05, 4.69) is 27.8 Å². The number of hydrogen-bond acceptors (Lipinski definition) is 5. The summed E-state index contributed by atoms with van der Waals surface area (Å²) >= 11 is 0. The molecule has 6 rings (SSSR count). The monoisotopic (exact) mass is 434 g/mol. The van der Waals surface area contributed by atoms with Gasteiger partial charge in [0.1, 0.15) is 12.1 Å². The first kappa shape index (κ1) is 19.6. The van der Waals surface area contributed by atoms with Gasteiger partial charge in [-0.1, -0.05) is 19.3 Å². The Kier molecular flexibility index (Phi) is 4.80. The number of oxazole rings is 1. The number of rotatable bonds is 4. The third-order valence-corrected chi connectivity index (χ3v) is 6.46. The lowest BCUT2D eigenvalue weighted by molar-refractivity contribution is 0.362. The van der Waals surface area contributed by atoms with Crippen LogP contribution in [0.25, 0.3) is 45.2 Å². The average molecular weight is 434 g/mol. The summed E-state index contributed by atoms with van der Waals surface area (Å²) in [5.74, 6) is 2.17. The number of imidazole rings is 1. The molecule has 2 aromatic carbocycles. The van der Waals surface area contributed by atoms with Crippen molar-refractivity contribution in [1.82, 2.24) is 14.5 Å². The molecule has 0 unspecified atom stereocenters. The molecule has 6 heteroatoms. The third kappa shape index (κ3) is 3.52. The molecule has 0 spiro atoms. The van der Waals surface area contributed by atoms with Gasteiger partial charge < -0.3 is 13.4 Å². The van der Waals surface area contributed by atoms with E-state index in [1.165, 1.54) is 32.1 Å². The van der Waals surface area contributed by atoms with Crippen LogP contribution in [0.3, 0.4) is 0 Å². The molecule has 1 fully saturated rings. The number of fused-ring (bicyclic) bond motifs is 1. The fourth-order valence-electron chi connectivity index (χ4n) is 4.79. The fraction of sp³-hybridized carbons (Fsp3) is 0.222. The van der Waals surface area contributed by atoms with Crippen LogP contribution in [0, 0.1) is 11.3 Å². The summed E-state index contributed by atoms with van der Waals surface area (Å²) in [6, 6.07) is 18.1. The second-order valence-corrected chi connectivity index (χ2v) is 8.53. The maximum atomic E-state index is 9.00. The smallest absolute Gasteiger partial charge is 0.226 e. The first-order valence-electron chi connectivity index (χ1n) is 11.3. The van der Waals surface area contributed by atoms with Crippen molar-refractivity contribution in [3.63, 3.8) is 0 Å². The van der Waals surface area contributed by atoms with E-state index in [1.807, 2.05) is 24.3 Å². The molecule has 1 aliphatic carbocycles. The molecule has 0 aliphatic heterocycles. The number of hydrogen-bond donors (Lipinski definition) is 0. The number of nitriles is 1. The van der Waals surface area contributed by atoms with E-state index in [9.17, 15) is 0 Å². The first-order chi connectivity index (χ1) is 16.3. The van der Waals surface area contributed by atoms with Gasteiger partial charge in [-0.3, -0.25) is 0 Å². The Hall–Kier alpha value is -4.11. The van der Waals surface area contributed by atoms with Crippen molar-refractivity contribution in [3.8, 4) is 40.2 Å². The third-order valence-electron chi connectivity index (χ3n) is 6.46. The van der Waals surface area contributed by atoms with Crippen LogP contribution in [0.5, 0.6) is 0 Å². The molecule has 0 saturated heterocycles. The predicted molar refractivity (Wildman–Crippen MR) is 125 cm³/mol. The maximum Gasteiger partial charge on any atom is 0.226 e. The number of aromatic nitrogens is 3. The fourth-order valence-corrected chi connectivity index (χ4v) is 4.79. The standard InChI is InChI=1S/C27H22N4O2/c28-15-18-6-8-19(9-7-18)25-16-29-27(33-25)20-10-11-24-23(14-20)30-26(21-12-13-32-17-21)31(24)22-4-2-1-3-5-22/h6-14,16-17,22H,1-5H2. The molecule has 0 bridgehead atoms. The highest BCUT2D eigenvalue weighted by Gasteiger charge is 2.23. The summed E-state index contributed by atoms with van der Waals surface area (Å²) in [4.78, 5) is 9.50. The summed E-state index contributed by atoms with van der Waals surface area (Å²) in [6.07, 6.45) is 11.3. The lowest BCUT2D eigenvalue weighted by Gasteiger charge is -2.25. The van der Waals surface area contributed by atoms with E-state index in [4.69, 9.17) is 19.1 Å². The molecule has 0 radical (unpaired) electrons. The molecular formula is C27H22N4O2. The molecule has 0 amide bonds. The number of furan rings is 1. The topological polar surface area (TPSA) is 80.8 Å². The van der Waals surface area contributed by atoms with Crippen LogP contribution in [0.15, 0.2) is 76.1 Å².